The Bertz CT molecular complexity index is 1030. The molecule has 0 saturated carbocycles. The van der Waals surface area contributed by atoms with Gasteiger partial charge in [-0.3, -0.25) is 4.79 Å². The predicted molar refractivity (Wildman–Crippen MR) is 112 cm³/mol. The summed E-state index contributed by atoms with van der Waals surface area (Å²) in [4.78, 5) is 12.8. The van der Waals surface area contributed by atoms with Gasteiger partial charge in [-0.15, -0.1) is 0 Å². The summed E-state index contributed by atoms with van der Waals surface area (Å²) in [5.74, 6) is -2.13. The van der Waals surface area contributed by atoms with Gasteiger partial charge in [0.25, 0.3) is 0 Å². The van der Waals surface area contributed by atoms with E-state index in [-0.39, 0.29) is 22.8 Å². The summed E-state index contributed by atoms with van der Waals surface area (Å²) in [5, 5.41) is 69.1. The summed E-state index contributed by atoms with van der Waals surface area (Å²) in [6, 6.07) is 6.26. The molecular weight excluding hydrogens is 440 g/mol. The van der Waals surface area contributed by atoms with E-state index >= 15 is 0 Å². The number of rotatable bonds is 7. The minimum Gasteiger partial charge on any atom is -0.508 e. The van der Waals surface area contributed by atoms with E-state index in [0.29, 0.717) is 5.56 Å². The van der Waals surface area contributed by atoms with Gasteiger partial charge < -0.3 is 50.0 Å². The number of phenols is 3. The number of carbonyl (C=O) groups excluding carboxylic acids is 1. The predicted octanol–water partition coefficient (Wildman–Crippen LogP) is -0.113. The molecular formula is C22H24O11. The fraction of sp³-hybridized carbons (Fsp3) is 0.318. The summed E-state index contributed by atoms with van der Waals surface area (Å²) in [6.07, 6.45) is -5.53. The largest absolute Gasteiger partial charge is 0.508 e. The van der Waals surface area contributed by atoms with Crippen LogP contribution in [0.2, 0.25) is 0 Å². The third-order valence-corrected chi connectivity index (χ3v) is 5.04. The monoisotopic (exact) mass is 464 g/mol. The molecule has 0 bridgehead atoms. The average Bonchev–Trinajstić information content (AvgIpc) is 2.78. The maximum Gasteiger partial charge on any atom is 0.229 e. The van der Waals surface area contributed by atoms with Gasteiger partial charge in [0.15, 0.2) is 17.3 Å². The van der Waals surface area contributed by atoms with Crippen LogP contribution in [0.15, 0.2) is 36.4 Å². The molecule has 0 amide bonds. The lowest BCUT2D eigenvalue weighted by molar-refractivity contribution is -0.277. The molecule has 0 radical (unpaired) electrons. The maximum absolute atomic E-state index is 12.8. The minimum atomic E-state index is -1.77. The molecule has 5 atom stereocenters. The second-order valence-electron chi connectivity index (χ2n) is 7.28. The highest BCUT2D eigenvalue weighted by Gasteiger charge is 2.45. The van der Waals surface area contributed by atoms with Gasteiger partial charge in [-0.05, 0) is 23.8 Å². The van der Waals surface area contributed by atoms with Gasteiger partial charge in [-0.25, -0.2) is 0 Å². The number of carbonyl (C=O) groups is 1. The van der Waals surface area contributed by atoms with Crippen molar-refractivity contribution < 1.29 is 54.8 Å². The highest BCUT2D eigenvalue weighted by Crippen LogP contribution is 2.36. The lowest BCUT2D eigenvalue weighted by Gasteiger charge is -2.39. The highest BCUT2D eigenvalue weighted by molar-refractivity contribution is 6.10. The smallest absolute Gasteiger partial charge is 0.229 e. The van der Waals surface area contributed by atoms with E-state index in [9.17, 15) is 40.5 Å². The second kappa shape index (κ2) is 10.1. The van der Waals surface area contributed by atoms with Crippen molar-refractivity contribution in [2.45, 2.75) is 30.7 Å². The van der Waals surface area contributed by atoms with Crippen LogP contribution in [0, 0.1) is 0 Å². The average molecular weight is 464 g/mol. The number of aliphatic hydroxyl groups excluding tert-OH is 4. The van der Waals surface area contributed by atoms with Crippen LogP contribution in [0.5, 0.6) is 28.7 Å². The Labute approximate surface area is 188 Å². The van der Waals surface area contributed by atoms with Crippen LogP contribution in [0.4, 0.5) is 0 Å². The first kappa shape index (κ1) is 24.3. The third kappa shape index (κ3) is 5.18. The number of allylic oxidation sites excluding steroid dienone is 1. The summed E-state index contributed by atoms with van der Waals surface area (Å²) >= 11 is 0. The fourth-order valence-electron chi connectivity index (χ4n) is 3.27. The molecule has 33 heavy (non-hydrogen) atoms. The van der Waals surface area contributed by atoms with Gasteiger partial charge >= 0.3 is 0 Å². The van der Waals surface area contributed by atoms with Gasteiger partial charge in [0.05, 0.1) is 13.7 Å². The topological polar surface area (TPSA) is 186 Å². The SMILES string of the molecule is COc1cc(/C=C/C(=O)c2c(O)cc(O)cc2O[C@@H]2O[C@H](CO)[C@@H](O)[C@H](O)[C@H]2O)ccc1O. The van der Waals surface area contributed by atoms with E-state index in [1.165, 1.54) is 31.4 Å². The van der Waals surface area contributed by atoms with Crippen molar-refractivity contribution in [3.8, 4) is 28.7 Å². The van der Waals surface area contributed by atoms with Crippen molar-refractivity contribution in [1.82, 2.24) is 0 Å². The first-order valence-corrected chi connectivity index (χ1v) is 9.78. The third-order valence-electron chi connectivity index (χ3n) is 5.04. The molecule has 1 fully saturated rings. The number of ketones is 1. The Balaban J connectivity index is 1.90. The van der Waals surface area contributed by atoms with E-state index in [4.69, 9.17) is 14.2 Å². The van der Waals surface area contributed by atoms with Crippen molar-refractivity contribution in [2.75, 3.05) is 13.7 Å². The summed E-state index contributed by atoms with van der Waals surface area (Å²) in [5.41, 5.74) is 0.111. The zero-order valence-electron chi connectivity index (χ0n) is 17.4. The van der Waals surface area contributed by atoms with Crippen LogP contribution >= 0.6 is 0 Å². The van der Waals surface area contributed by atoms with Crippen LogP contribution < -0.4 is 9.47 Å². The molecule has 3 rings (SSSR count). The van der Waals surface area contributed by atoms with Crippen LogP contribution in [0.25, 0.3) is 6.08 Å². The van der Waals surface area contributed by atoms with Gasteiger partial charge in [-0.2, -0.15) is 0 Å². The van der Waals surface area contributed by atoms with Crippen molar-refractivity contribution in [2.24, 2.45) is 0 Å². The number of hydrogen-bond donors (Lipinski definition) is 7. The van der Waals surface area contributed by atoms with E-state index in [1.54, 1.807) is 0 Å². The van der Waals surface area contributed by atoms with Crippen LogP contribution in [0.3, 0.4) is 0 Å². The first-order valence-electron chi connectivity index (χ1n) is 9.78. The molecule has 11 heteroatoms. The van der Waals surface area contributed by atoms with Crippen molar-refractivity contribution in [1.29, 1.82) is 0 Å². The molecule has 0 aliphatic carbocycles. The minimum absolute atomic E-state index is 0.0904. The van der Waals surface area contributed by atoms with Crippen molar-refractivity contribution >= 4 is 11.9 Å². The number of aromatic hydroxyl groups is 3. The molecule has 2 aromatic rings. The van der Waals surface area contributed by atoms with E-state index in [0.717, 1.165) is 18.2 Å². The molecule has 11 nitrogen and oxygen atoms in total. The maximum atomic E-state index is 12.8. The van der Waals surface area contributed by atoms with Gasteiger partial charge in [-0.1, -0.05) is 12.1 Å². The molecule has 7 N–H and O–H groups in total. The molecule has 1 saturated heterocycles. The lowest BCUT2D eigenvalue weighted by Crippen LogP contribution is -2.60. The molecule has 1 aliphatic heterocycles. The summed E-state index contributed by atoms with van der Waals surface area (Å²) in [7, 11) is 1.37. The molecule has 0 unspecified atom stereocenters. The normalized spacial score (nSPS) is 25.2. The number of hydrogen-bond acceptors (Lipinski definition) is 11. The molecule has 1 heterocycles. The number of benzene rings is 2. The molecule has 178 valence electrons. The first-order chi connectivity index (χ1) is 15.7. The zero-order chi connectivity index (χ0) is 24.3. The van der Waals surface area contributed by atoms with Crippen LogP contribution in [0.1, 0.15) is 15.9 Å². The van der Waals surface area contributed by atoms with Crippen molar-refractivity contribution in [3.05, 3.63) is 47.5 Å². The van der Waals surface area contributed by atoms with Crippen LogP contribution in [-0.2, 0) is 4.74 Å². The Morgan fingerprint density at radius 3 is 2.39 bits per heavy atom. The van der Waals surface area contributed by atoms with Crippen LogP contribution in [-0.4, -0.2) is 86.0 Å². The summed E-state index contributed by atoms with van der Waals surface area (Å²) in [6.45, 7) is -0.694. The Morgan fingerprint density at radius 2 is 1.73 bits per heavy atom. The summed E-state index contributed by atoms with van der Waals surface area (Å²) < 4.78 is 15.7. The van der Waals surface area contributed by atoms with Gasteiger partial charge in [0, 0.05) is 12.1 Å². The van der Waals surface area contributed by atoms with E-state index < -0.39 is 54.6 Å². The highest BCUT2D eigenvalue weighted by atomic mass is 16.7. The number of phenolic OH excluding ortho intramolecular Hbond substituents is 3. The van der Waals surface area contributed by atoms with E-state index in [2.05, 4.69) is 0 Å². The number of methoxy groups -OCH3 is 1. The van der Waals surface area contributed by atoms with E-state index in [1.807, 2.05) is 0 Å². The number of aliphatic hydroxyl groups is 4. The van der Waals surface area contributed by atoms with Crippen molar-refractivity contribution in [3.63, 3.8) is 0 Å². The second-order valence-corrected chi connectivity index (χ2v) is 7.28. The molecule has 2 aromatic carbocycles. The molecule has 0 aromatic heterocycles. The quantitative estimate of drug-likeness (QED) is 0.214. The van der Waals surface area contributed by atoms with Gasteiger partial charge in [0.2, 0.25) is 6.29 Å². The standard InChI is InChI=1S/C22H24O11/c1-31-15-6-10(2-4-12(15)25)3-5-13(26)18-14(27)7-11(24)8-16(18)32-22-21(30)20(29)19(28)17(9-23)33-22/h2-8,17,19-25,27-30H,9H2,1H3/b5-3+/t17-,19-,20+,21-,22-/m1/s1. The zero-order valence-corrected chi connectivity index (χ0v) is 17.4. The Morgan fingerprint density at radius 1 is 1.00 bits per heavy atom. The number of ether oxygens (including phenoxy) is 3. The Kier molecular flexibility index (Phi) is 7.41. The Hall–Kier alpha value is -3.35. The molecule has 1 aliphatic rings. The lowest BCUT2D eigenvalue weighted by atomic mass is 9.99. The molecule has 0 spiro atoms. The fourth-order valence-corrected chi connectivity index (χ4v) is 3.27. The van der Waals surface area contributed by atoms with Gasteiger partial charge in [0.1, 0.15) is 47.2 Å².